The van der Waals surface area contributed by atoms with E-state index in [1.54, 1.807) is 33.8 Å². The maximum atomic E-state index is 15.2. The normalized spacial score (nSPS) is 13.0. The van der Waals surface area contributed by atoms with Crippen molar-refractivity contribution < 1.29 is 23.8 Å². The summed E-state index contributed by atoms with van der Waals surface area (Å²) in [6, 6.07) is 13.3. The lowest BCUT2D eigenvalue weighted by molar-refractivity contribution is -0.159. The Bertz CT molecular complexity index is 1300. The molecule has 0 fully saturated rings. The van der Waals surface area contributed by atoms with E-state index in [1.807, 2.05) is 31.2 Å². The Labute approximate surface area is 231 Å². The molecule has 1 heterocycles. The number of amides is 1. The summed E-state index contributed by atoms with van der Waals surface area (Å²) in [4.78, 5) is 28.9. The number of carbonyl (C=O) groups is 2. The van der Waals surface area contributed by atoms with Gasteiger partial charge >= 0.3 is 5.97 Å². The van der Waals surface area contributed by atoms with Gasteiger partial charge in [-0.3, -0.25) is 14.6 Å². The Balaban J connectivity index is 0.000000976. The maximum Gasteiger partial charge on any atom is 0.309 e. The van der Waals surface area contributed by atoms with Crippen LogP contribution in [0.15, 0.2) is 54.7 Å². The topological polar surface area (TPSA) is 88.5 Å². The molecule has 0 aliphatic rings. The first-order chi connectivity index (χ1) is 18.0. The van der Waals surface area contributed by atoms with E-state index in [9.17, 15) is 14.7 Å². The molecule has 0 radical (unpaired) electrons. The van der Waals surface area contributed by atoms with Crippen LogP contribution in [0.5, 0.6) is 0 Å². The van der Waals surface area contributed by atoms with Crippen LogP contribution in [0, 0.1) is 25.1 Å². The molecule has 1 atom stereocenters. The second-order valence-corrected chi connectivity index (χ2v) is 12.3. The van der Waals surface area contributed by atoms with E-state index in [0.29, 0.717) is 23.1 Å². The molecule has 2 aromatic carbocycles. The number of carbonyl (C=O) groups excluding carboxylic acids is 2. The van der Waals surface area contributed by atoms with Crippen molar-refractivity contribution in [3.05, 3.63) is 82.8 Å². The van der Waals surface area contributed by atoms with Crippen LogP contribution < -0.4 is 5.32 Å². The summed E-state index contributed by atoms with van der Waals surface area (Å²) < 4.78 is 20.7. The predicted octanol–water partition coefficient (Wildman–Crippen LogP) is 7.09. The lowest BCUT2D eigenvalue weighted by Gasteiger charge is -2.32. The number of benzene rings is 2. The Hall–Kier alpha value is -3.58. The molecule has 0 saturated carbocycles. The molecule has 1 unspecified atom stereocenters. The van der Waals surface area contributed by atoms with Gasteiger partial charge in [-0.25, -0.2) is 4.39 Å². The van der Waals surface area contributed by atoms with Crippen LogP contribution in [0.4, 0.5) is 10.1 Å². The van der Waals surface area contributed by atoms with E-state index in [4.69, 9.17) is 4.74 Å². The summed E-state index contributed by atoms with van der Waals surface area (Å²) in [6.45, 7) is 17.5. The third kappa shape index (κ3) is 8.99. The number of halogens is 1. The Morgan fingerprint density at radius 1 is 1.00 bits per heavy atom. The van der Waals surface area contributed by atoms with E-state index in [2.05, 4.69) is 38.0 Å². The molecule has 3 rings (SSSR count). The number of hydrogen-bond donors (Lipinski definition) is 2. The molecule has 39 heavy (non-hydrogen) atoms. The van der Waals surface area contributed by atoms with E-state index in [1.165, 1.54) is 24.4 Å². The highest BCUT2D eigenvalue weighted by Gasteiger charge is 2.41. The van der Waals surface area contributed by atoms with E-state index in [0.717, 1.165) is 11.1 Å². The fourth-order valence-electron chi connectivity index (χ4n) is 3.93. The molecular weight excluding hydrogens is 495 g/mol. The molecule has 0 aliphatic heterocycles. The number of aliphatic hydroxyl groups is 1. The third-order valence-corrected chi connectivity index (χ3v) is 5.39. The molecule has 2 N–H and O–H groups in total. The lowest BCUT2D eigenvalue weighted by Crippen LogP contribution is -2.36. The van der Waals surface area contributed by atoms with Crippen molar-refractivity contribution in [1.29, 1.82) is 0 Å². The Morgan fingerprint density at radius 2 is 1.62 bits per heavy atom. The highest BCUT2D eigenvalue weighted by molar-refractivity contribution is 5.87. The first-order valence-electron chi connectivity index (χ1n) is 12.9. The number of nitrogens with zero attached hydrogens (tertiary/aromatic N) is 1. The summed E-state index contributed by atoms with van der Waals surface area (Å²) >= 11 is 0. The van der Waals surface area contributed by atoms with Crippen molar-refractivity contribution in [2.45, 2.75) is 79.9 Å². The number of anilines is 1. The van der Waals surface area contributed by atoms with Crippen LogP contribution in [0.3, 0.4) is 0 Å². The van der Waals surface area contributed by atoms with Crippen LogP contribution in [-0.2, 0) is 19.9 Å². The van der Waals surface area contributed by atoms with Gasteiger partial charge in [0.25, 0.3) is 0 Å². The van der Waals surface area contributed by atoms with Gasteiger partial charge in [0, 0.05) is 22.9 Å². The Morgan fingerprint density at radius 3 is 2.15 bits per heavy atom. The average molecular weight is 537 g/mol. The van der Waals surface area contributed by atoms with Crippen molar-refractivity contribution in [1.82, 2.24) is 4.98 Å². The zero-order valence-electron chi connectivity index (χ0n) is 24.5. The Kier molecular flexibility index (Phi) is 10.2. The minimum Gasteiger partial charge on any atom is -0.460 e. The predicted molar refractivity (Wildman–Crippen MR) is 154 cm³/mol. The summed E-state index contributed by atoms with van der Waals surface area (Å²) in [5, 5.41) is 14.6. The SMILES string of the molecule is CC(C)(C)C.Cc1ccc(C(O)(CC(=O)OC(C)(C)C)c2ccnc(-c3ccccc3C)c2NC=O)c(F)c1. The zero-order valence-corrected chi connectivity index (χ0v) is 24.5. The third-order valence-electron chi connectivity index (χ3n) is 5.39. The zero-order chi connectivity index (χ0) is 29.6. The van der Waals surface area contributed by atoms with Crippen LogP contribution in [0.1, 0.15) is 77.1 Å². The van der Waals surface area contributed by atoms with E-state index >= 15 is 4.39 Å². The second kappa shape index (κ2) is 12.5. The van der Waals surface area contributed by atoms with Crippen molar-refractivity contribution in [2.75, 3.05) is 5.32 Å². The number of rotatable bonds is 7. The van der Waals surface area contributed by atoms with Gasteiger partial charge in [0.05, 0.1) is 17.8 Å². The van der Waals surface area contributed by atoms with Gasteiger partial charge in [-0.2, -0.15) is 0 Å². The summed E-state index contributed by atoms with van der Waals surface area (Å²) in [5.41, 5.74) is 0.389. The highest BCUT2D eigenvalue weighted by Crippen LogP contribution is 2.42. The molecule has 0 aliphatic carbocycles. The number of esters is 1. The van der Waals surface area contributed by atoms with Crippen molar-refractivity contribution >= 4 is 18.1 Å². The highest BCUT2D eigenvalue weighted by atomic mass is 19.1. The quantitative estimate of drug-likeness (QED) is 0.249. The fraction of sp³-hybridized carbons (Fsp3) is 0.406. The molecule has 3 aromatic rings. The van der Waals surface area contributed by atoms with Crippen molar-refractivity contribution in [3.63, 3.8) is 0 Å². The first kappa shape index (κ1) is 31.6. The van der Waals surface area contributed by atoms with Gasteiger partial charge in [-0.05, 0) is 63.3 Å². The number of aromatic nitrogens is 1. The maximum absolute atomic E-state index is 15.2. The van der Waals surface area contributed by atoms with Crippen LogP contribution in [0.25, 0.3) is 11.3 Å². The number of nitrogens with one attached hydrogen (secondary N) is 1. The monoisotopic (exact) mass is 536 g/mol. The smallest absolute Gasteiger partial charge is 0.309 e. The van der Waals surface area contributed by atoms with Gasteiger partial charge < -0.3 is 15.2 Å². The minimum atomic E-state index is -2.15. The fourth-order valence-corrected chi connectivity index (χ4v) is 3.93. The van der Waals surface area contributed by atoms with Crippen LogP contribution in [0.2, 0.25) is 0 Å². The molecule has 6 nitrogen and oxygen atoms in total. The minimum absolute atomic E-state index is 0.111. The van der Waals surface area contributed by atoms with E-state index < -0.39 is 29.4 Å². The number of aryl methyl sites for hydroxylation is 2. The van der Waals surface area contributed by atoms with Crippen LogP contribution >= 0.6 is 0 Å². The van der Waals surface area contributed by atoms with Crippen molar-refractivity contribution in [3.8, 4) is 11.3 Å². The summed E-state index contributed by atoms with van der Waals surface area (Å²) in [7, 11) is 0. The first-order valence-corrected chi connectivity index (χ1v) is 12.9. The standard InChI is InChI=1S/C27H29FN2O4.C5H12/c1-17-10-11-20(22(28)14-17)27(33,15-23(32)34-26(3,4)5)21-12-13-29-24(25(21)30-16-31)19-9-7-6-8-18(19)2;1-5(2,3)4/h6-14,16,33H,15H2,1-5H3,(H,30,31);1-4H3. The molecule has 210 valence electrons. The number of pyridine rings is 1. The van der Waals surface area contributed by atoms with Gasteiger partial charge in [-0.15, -0.1) is 0 Å². The molecule has 0 spiro atoms. The largest absolute Gasteiger partial charge is 0.460 e. The molecule has 1 aromatic heterocycles. The summed E-state index contributed by atoms with van der Waals surface area (Å²) in [6.07, 6.45) is 1.34. The van der Waals surface area contributed by atoms with Gasteiger partial charge in [0.1, 0.15) is 17.0 Å². The summed E-state index contributed by atoms with van der Waals surface area (Å²) in [5.74, 6) is -1.40. The molecule has 7 heteroatoms. The van der Waals surface area contributed by atoms with E-state index in [-0.39, 0.29) is 16.8 Å². The van der Waals surface area contributed by atoms with Crippen molar-refractivity contribution in [2.24, 2.45) is 5.41 Å². The lowest BCUT2D eigenvalue weighted by atomic mass is 9.81. The molecule has 0 saturated heterocycles. The molecular formula is C32H41FN2O4. The molecule has 1 amide bonds. The van der Waals surface area contributed by atoms with Gasteiger partial charge in [-0.1, -0.05) is 64.1 Å². The number of hydrogen-bond acceptors (Lipinski definition) is 5. The van der Waals surface area contributed by atoms with Crippen LogP contribution in [-0.4, -0.2) is 28.1 Å². The van der Waals surface area contributed by atoms with Gasteiger partial charge in [0.2, 0.25) is 6.41 Å². The average Bonchev–Trinajstić information content (AvgIpc) is 2.77. The second-order valence-electron chi connectivity index (χ2n) is 12.3. The van der Waals surface area contributed by atoms with Gasteiger partial charge in [0.15, 0.2) is 0 Å². The number of ether oxygens (including phenoxy) is 1. The molecule has 0 bridgehead atoms.